The second kappa shape index (κ2) is 7.11. The topological polar surface area (TPSA) is 68.0 Å². The van der Waals surface area contributed by atoms with Crippen LogP contribution in [0.1, 0.15) is 56.3 Å². The number of hydrogen-bond acceptors (Lipinski definition) is 3. The second-order valence-corrected chi connectivity index (χ2v) is 6.72. The van der Waals surface area contributed by atoms with Crippen LogP contribution in [0.5, 0.6) is 0 Å². The average molecular weight is 315 g/mol. The third-order valence-electron chi connectivity index (χ3n) is 4.85. The molecule has 3 rings (SSSR count). The van der Waals surface area contributed by atoms with E-state index in [1.807, 2.05) is 23.8 Å². The van der Waals surface area contributed by atoms with Crippen LogP contribution in [0, 0.1) is 12.8 Å². The van der Waals surface area contributed by atoms with Crippen molar-refractivity contribution in [3.05, 3.63) is 23.7 Å². The van der Waals surface area contributed by atoms with Gasteiger partial charge in [-0.05, 0) is 30.9 Å². The molecule has 5 nitrogen and oxygen atoms in total. The van der Waals surface area contributed by atoms with Gasteiger partial charge in [-0.2, -0.15) is 0 Å². The SMILES string of the molecule is Cc1cnc2c(c1)nc(CCC1CCCCC1)n2CCC(=O)O. The number of carboxylic acid groups (broad SMARTS) is 1. The van der Waals surface area contributed by atoms with Gasteiger partial charge in [0, 0.05) is 19.2 Å². The van der Waals surface area contributed by atoms with Gasteiger partial charge in [0.2, 0.25) is 0 Å². The Balaban J connectivity index is 1.81. The standard InChI is InChI=1S/C18H25N3O2/c1-13-11-15-18(19-12-13)21(10-9-17(22)23)16(20-15)8-7-14-5-3-2-4-6-14/h11-12,14H,2-10H2,1H3,(H,22,23). The number of nitrogens with zero attached hydrogens (tertiary/aromatic N) is 3. The van der Waals surface area contributed by atoms with Crippen molar-refractivity contribution in [1.82, 2.24) is 14.5 Å². The second-order valence-electron chi connectivity index (χ2n) is 6.72. The molecule has 0 amide bonds. The first kappa shape index (κ1) is 16.0. The van der Waals surface area contributed by atoms with Gasteiger partial charge in [0.05, 0.1) is 6.42 Å². The first-order valence-corrected chi connectivity index (χ1v) is 8.67. The van der Waals surface area contributed by atoms with Crippen molar-refractivity contribution < 1.29 is 9.90 Å². The lowest BCUT2D eigenvalue weighted by atomic mass is 9.86. The molecule has 0 unspecified atom stereocenters. The van der Waals surface area contributed by atoms with Gasteiger partial charge in [0.15, 0.2) is 5.65 Å². The van der Waals surface area contributed by atoms with Crippen LogP contribution in [-0.2, 0) is 17.8 Å². The summed E-state index contributed by atoms with van der Waals surface area (Å²) in [5.74, 6) is 1.01. The smallest absolute Gasteiger partial charge is 0.305 e. The molecule has 5 heteroatoms. The Hall–Kier alpha value is -1.91. The highest BCUT2D eigenvalue weighted by molar-refractivity contribution is 5.72. The number of pyridine rings is 1. The molecule has 0 atom stereocenters. The lowest BCUT2D eigenvalue weighted by Crippen LogP contribution is -2.12. The summed E-state index contributed by atoms with van der Waals surface area (Å²) < 4.78 is 2.01. The highest BCUT2D eigenvalue weighted by Gasteiger charge is 2.17. The number of hydrogen-bond donors (Lipinski definition) is 1. The molecule has 0 aliphatic heterocycles. The van der Waals surface area contributed by atoms with E-state index >= 15 is 0 Å². The minimum Gasteiger partial charge on any atom is -0.481 e. The van der Waals surface area contributed by atoms with E-state index in [1.54, 1.807) is 0 Å². The maximum absolute atomic E-state index is 10.9. The number of rotatable bonds is 6. The molecule has 0 radical (unpaired) electrons. The summed E-state index contributed by atoms with van der Waals surface area (Å²) in [6, 6.07) is 2.03. The summed E-state index contributed by atoms with van der Waals surface area (Å²) in [7, 11) is 0. The van der Waals surface area contributed by atoms with Crippen molar-refractivity contribution in [2.45, 2.75) is 64.8 Å². The summed E-state index contributed by atoms with van der Waals surface area (Å²) in [5.41, 5.74) is 2.78. The Morgan fingerprint density at radius 1 is 1.35 bits per heavy atom. The number of imidazole rings is 1. The number of aromatic nitrogens is 3. The first-order valence-electron chi connectivity index (χ1n) is 8.67. The Morgan fingerprint density at radius 2 is 2.13 bits per heavy atom. The van der Waals surface area contributed by atoms with Crippen molar-refractivity contribution in [1.29, 1.82) is 0 Å². The maximum atomic E-state index is 10.9. The molecule has 2 heterocycles. The van der Waals surface area contributed by atoms with Crippen LogP contribution >= 0.6 is 0 Å². The molecule has 1 aliphatic rings. The molecule has 124 valence electrons. The fraction of sp³-hybridized carbons (Fsp3) is 0.611. The van der Waals surface area contributed by atoms with E-state index in [0.29, 0.717) is 6.54 Å². The number of aliphatic carboxylic acids is 1. The van der Waals surface area contributed by atoms with Crippen LogP contribution in [0.4, 0.5) is 0 Å². The van der Waals surface area contributed by atoms with E-state index in [-0.39, 0.29) is 6.42 Å². The molecule has 1 N–H and O–H groups in total. The fourth-order valence-corrected chi connectivity index (χ4v) is 3.60. The molecule has 0 saturated heterocycles. The van der Waals surface area contributed by atoms with Gasteiger partial charge in [-0.3, -0.25) is 4.79 Å². The van der Waals surface area contributed by atoms with Crippen molar-refractivity contribution in [3.8, 4) is 0 Å². The lowest BCUT2D eigenvalue weighted by molar-refractivity contribution is -0.137. The minimum atomic E-state index is -0.780. The molecule has 1 aliphatic carbocycles. The van der Waals surface area contributed by atoms with E-state index in [4.69, 9.17) is 10.1 Å². The summed E-state index contributed by atoms with van der Waals surface area (Å²) in [6.45, 7) is 2.45. The van der Waals surface area contributed by atoms with Crippen LogP contribution in [0.3, 0.4) is 0 Å². The van der Waals surface area contributed by atoms with Crippen LogP contribution in [0.2, 0.25) is 0 Å². The largest absolute Gasteiger partial charge is 0.481 e. The molecule has 23 heavy (non-hydrogen) atoms. The molecule has 0 aromatic carbocycles. The van der Waals surface area contributed by atoms with Crippen molar-refractivity contribution in [3.63, 3.8) is 0 Å². The minimum absolute atomic E-state index is 0.109. The maximum Gasteiger partial charge on any atom is 0.305 e. The molecule has 1 saturated carbocycles. The molecular weight excluding hydrogens is 290 g/mol. The average Bonchev–Trinajstić information content (AvgIpc) is 2.88. The van der Waals surface area contributed by atoms with Crippen molar-refractivity contribution in [2.24, 2.45) is 5.92 Å². The number of aryl methyl sites for hydroxylation is 3. The van der Waals surface area contributed by atoms with Gasteiger partial charge >= 0.3 is 5.97 Å². The van der Waals surface area contributed by atoms with E-state index < -0.39 is 5.97 Å². The Kier molecular flexibility index (Phi) is 4.94. The number of carboxylic acids is 1. The summed E-state index contributed by atoms with van der Waals surface area (Å²) in [6.07, 6.45) is 10.7. The van der Waals surface area contributed by atoms with E-state index in [2.05, 4.69) is 4.98 Å². The van der Waals surface area contributed by atoms with E-state index in [9.17, 15) is 4.79 Å². The highest BCUT2D eigenvalue weighted by atomic mass is 16.4. The molecule has 2 aromatic rings. The van der Waals surface area contributed by atoms with Crippen molar-refractivity contribution >= 4 is 17.1 Å². The third-order valence-corrected chi connectivity index (χ3v) is 4.85. The first-order chi connectivity index (χ1) is 11.1. The van der Waals surface area contributed by atoms with E-state index in [1.165, 1.54) is 32.1 Å². The Labute approximate surface area is 136 Å². The zero-order valence-corrected chi connectivity index (χ0v) is 13.8. The van der Waals surface area contributed by atoms with Gasteiger partial charge in [-0.25, -0.2) is 9.97 Å². The zero-order chi connectivity index (χ0) is 16.2. The van der Waals surface area contributed by atoms with Crippen molar-refractivity contribution in [2.75, 3.05) is 0 Å². The summed E-state index contributed by atoms with van der Waals surface area (Å²) >= 11 is 0. The van der Waals surface area contributed by atoms with Gasteiger partial charge < -0.3 is 9.67 Å². The van der Waals surface area contributed by atoms with Crippen LogP contribution < -0.4 is 0 Å². The molecule has 0 spiro atoms. The van der Waals surface area contributed by atoms with Crippen LogP contribution in [-0.4, -0.2) is 25.6 Å². The van der Waals surface area contributed by atoms with Gasteiger partial charge in [0.25, 0.3) is 0 Å². The lowest BCUT2D eigenvalue weighted by Gasteiger charge is -2.21. The molecule has 1 fully saturated rings. The summed E-state index contributed by atoms with van der Waals surface area (Å²) in [4.78, 5) is 20.2. The number of carbonyl (C=O) groups is 1. The Morgan fingerprint density at radius 3 is 2.87 bits per heavy atom. The predicted molar refractivity (Wildman–Crippen MR) is 89.4 cm³/mol. The third kappa shape index (κ3) is 3.89. The number of fused-ring (bicyclic) bond motifs is 1. The van der Waals surface area contributed by atoms with Gasteiger partial charge in [-0.1, -0.05) is 32.1 Å². The van der Waals surface area contributed by atoms with E-state index in [0.717, 1.165) is 41.3 Å². The monoisotopic (exact) mass is 315 g/mol. The van der Waals surface area contributed by atoms with Crippen LogP contribution in [0.15, 0.2) is 12.3 Å². The van der Waals surface area contributed by atoms with Gasteiger partial charge in [-0.15, -0.1) is 0 Å². The quantitative estimate of drug-likeness (QED) is 0.882. The van der Waals surface area contributed by atoms with Crippen LogP contribution in [0.25, 0.3) is 11.2 Å². The fourth-order valence-electron chi connectivity index (χ4n) is 3.60. The van der Waals surface area contributed by atoms with Gasteiger partial charge in [0.1, 0.15) is 11.3 Å². The zero-order valence-electron chi connectivity index (χ0n) is 13.8. The highest BCUT2D eigenvalue weighted by Crippen LogP contribution is 2.28. The normalized spacial score (nSPS) is 16.0. The molecule has 0 bridgehead atoms. The predicted octanol–water partition coefficient (Wildman–Crippen LogP) is 3.73. The molecular formula is C18H25N3O2. The summed E-state index contributed by atoms with van der Waals surface area (Å²) in [5, 5.41) is 9.00. The Bertz CT molecular complexity index is 687. The molecule has 2 aromatic heterocycles.